The van der Waals surface area contributed by atoms with Gasteiger partial charge in [0.25, 0.3) is 5.91 Å². The minimum Gasteiger partial charge on any atom is -0.507 e. The molecule has 2 unspecified atom stereocenters. The normalized spacial score (nSPS) is 19.7. The molecular formula is C22H27NO3. The Hall–Kier alpha value is -2.33. The number of hydrogen-bond acceptors (Lipinski definition) is 3. The molecule has 0 spiro atoms. The molecule has 1 amide bonds. The third-order valence-corrected chi connectivity index (χ3v) is 5.15. The lowest BCUT2D eigenvalue weighted by Crippen LogP contribution is -2.56. The molecule has 0 radical (unpaired) electrons. The fraction of sp³-hybridized carbons (Fsp3) is 0.409. The van der Waals surface area contributed by atoms with Crippen LogP contribution in [-0.2, 0) is 0 Å². The lowest BCUT2D eigenvalue weighted by Gasteiger charge is -2.45. The van der Waals surface area contributed by atoms with Crippen molar-refractivity contribution >= 4 is 5.91 Å². The fourth-order valence-corrected chi connectivity index (χ4v) is 3.60. The van der Waals surface area contributed by atoms with Gasteiger partial charge in [-0.3, -0.25) is 4.79 Å². The highest BCUT2D eigenvalue weighted by atomic mass is 16.3. The minimum atomic E-state index is -0.549. The molecular weight excluding hydrogens is 326 g/mol. The zero-order chi connectivity index (χ0) is 19.0. The monoisotopic (exact) mass is 353 g/mol. The highest BCUT2D eigenvalue weighted by molar-refractivity contribution is 5.96. The molecule has 0 bridgehead atoms. The number of phenolic OH excluding ortho intramolecular Hbond substituents is 1. The van der Waals surface area contributed by atoms with Crippen molar-refractivity contribution in [3.05, 3.63) is 64.7 Å². The summed E-state index contributed by atoms with van der Waals surface area (Å²) in [6.45, 7) is 8.36. The van der Waals surface area contributed by atoms with Crippen LogP contribution in [-0.4, -0.2) is 33.7 Å². The molecule has 2 aromatic carbocycles. The van der Waals surface area contributed by atoms with E-state index in [4.69, 9.17) is 0 Å². The first-order chi connectivity index (χ1) is 12.3. The molecule has 0 aliphatic carbocycles. The smallest absolute Gasteiger partial charge is 0.254 e. The first-order valence-corrected chi connectivity index (χ1v) is 9.22. The van der Waals surface area contributed by atoms with E-state index in [1.165, 1.54) is 0 Å². The van der Waals surface area contributed by atoms with Crippen LogP contribution in [0.1, 0.15) is 72.6 Å². The Morgan fingerprint density at radius 3 is 2.04 bits per heavy atom. The van der Waals surface area contributed by atoms with Gasteiger partial charge in [0.1, 0.15) is 5.75 Å². The van der Waals surface area contributed by atoms with Crippen molar-refractivity contribution in [1.29, 1.82) is 0 Å². The molecule has 2 N–H and O–H groups in total. The van der Waals surface area contributed by atoms with Gasteiger partial charge in [-0.15, -0.1) is 0 Å². The average Bonchev–Trinajstić information content (AvgIpc) is 2.59. The number of amides is 1. The Kier molecular flexibility index (Phi) is 5.05. The summed E-state index contributed by atoms with van der Waals surface area (Å²) in [7, 11) is 0. The topological polar surface area (TPSA) is 60.8 Å². The van der Waals surface area contributed by atoms with Gasteiger partial charge in [0.05, 0.1) is 18.7 Å². The Balaban J connectivity index is 1.97. The van der Waals surface area contributed by atoms with Crippen molar-refractivity contribution in [1.82, 2.24) is 4.90 Å². The molecule has 4 heteroatoms. The number of carbonyl (C=O) groups excluding carboxylic acids is 1. The zero-order valence-electron chi connectivity index (χ0n) is 15.8. The molecule has 1 aliphatic rings. The lowest BCUT2D eigenvalue weighted by atomic mass is 9.88. The quantitative estimate of drug-likeness (QED) is 0.866. The second-order valence-corrected chi connectivity index (χ2v) is 7.69. The van der Waals surface area contributed by atoms with Gasteiger partial charge in [-0.25, -0.2) is 0 Å². The number of aliphatic hydroxyl groups is 1. The van der Waals surface area contributed by atoms with Crippen molar-refractivity contribution in [2.45, 2.75) is 51.7 Å². The van der Waals surface area contributed by atoms with E-state index in [9.17, 15) is 15.0 Å². The van der Waals surface area contributed by atoms with Crippen LogP contribution in [0.3, 0.4) is 0 Å². The Morgan fingerprint density at radius 2 is 1.58 bits per heavy atom. The number of aromatic hydroxyl groups is 1. The number of benzene rings is 2. The highest BCUT2D eigenvalue weighted by Crippen LogP contribution is 2.38. The summed E-state index contributed by atoms with van der Waals surface area (Å²) in [4.78, 5) is 14.9. The van der Waals surface area contributed by atoms with Gasteiger partial charge >= 0.3 is 0 Å². The molecule has 2 aromatic rings. The molecule has 1 saturated heterocycles. The highest BCUT2D eigenvalue weighted by Gasteiger charge is 2.42. The summed E-state index contributed by atoms with van der Waals surface area (Å²) < 4.78 is 0. The largest absolute Gasteiger partial charge is 0.507 e. The van der Waals surface area contributed by atoms with Gasteiger partial charge in [-0.1, -0.05) is 58.0 Å². The molecule has 0 aromatic heterocycles. The molecule has 1 fully saturated rings. The maximum atomic E-state index is 13.2. The lowest BCUT2D eigenvalue weighted by molar-refractivity contribution is -0.0453. The third kappa shape index (κ3) is 3.21. The number of likely N-dealkylation sites (tertiary alicyclic amines) is 1. The molecule has 1 heterocycles. The SMILES string of the molecule is CC(C)c1cc(C(=O)N2CC(O)C2c2ccccc2)cc(C(C)C)c1O. The molecule has 1 aliphatic heterocycles. The van der Waals surface area contributed by atoms with Gasteiger partial charge in [0, 0.05) is 5.56 Å². The summed E-state index contributed by atoms with van der Waals surface area (Å²) in [5.41, 5.74) is 3.09. The van der Waals surface area contributed by atoms with E-state index in [0.29, 0.717) is 12.1 Å². The Labute approximate surface area is 155 Å². The van der Waals surface area contributed by atoms with Crippen molar-refractivity contribution in [2.75, 3.05) is 6.54 Å². The van der Waals surface area contributed by atoms with E-state index < -0.39 is 6.10 Å². The summed E-state index contributed by atoms with van der Waals surface area (Å²) in [6.07, 6.45) is -0.549. The number of carbonyl (C=O) groups is 1. The molecule has 138 valence electrons. The van der Waals surface area contributed by atoms with E-state index in [1.807, 2.05) is 58.0 Å². The predicted molar refractivity (Wildman–Crippen MR) is 103 cm³/mol. The van der Waals surface area contributed by atoms with Crippen LogP contribution < -0.4 is 0 Å². The van der Waals surface area contributed by atoms with Gasteiger partial charge in [0.2, 0.25) is 0 Å². The second-order valence-electron chi connectivity index (χ2n) is 7.69. The van der Waals surface area contributed by atoms with E-state index in [-0.39, 0.29) is 29.5 Å². The molecule has 3 rings (SSSR count). The van der Waals surface area contributed by atoms with Crippen LogP contribution in [0.25, 0.3) is 0 Å². The molecule has 26 heavy (non-hydrogen) atoms. The first kappa shape index (κ1) is 18.5. The maximum absolute atomic E-state index is 13.2. The summed E-state index contributed by atoms with van der Waals surface area (Å²) in [5.74, 6) is 0.419. The van der Waals surface area contributed by atoms with Gasteiger partial charge in [0.15, 0.2) is 0 Å². The third-order valence-electron chi connectivity index (χ3n) is 5.15. The summed E-state index contributed by atoms with van der Waals surface area (Å²) >= 11 is 0. The van der Waals surface area contributed by atoms with Crippen LogP contribution in [0.4, 0.5) is 0 Å². The molecule has 0 saturated carbocycles. The number of hydrogen-bond donors (Lipinski definition) is 2. The van der Waals surface area contributed by atoms with Gasteiger partial charge < -0.3 is 15.1 Å². The maximum Gasteiger partial charge on any atom is 0.254 e. The first-order valence-electron chi connectivity index (χ1n) is 9.22. The minimum absolute atomic E-state index is 0.104. The van der Waals surface area contributed by atoms with Crippen LogP contribution in [0, 0.1) is 0 Å². The number of β-amino-alcohol motifs (C(OH)–C–C–N with tert-alkyl or cyclic N) is 1. The summed E-state index contributed by atoms with van der Waals surface area (Å²) in [6, 6.07) is 12.9. The zero-order valence-corrected chi connectivity index (χ0v) is 15.8. The predicted octanol–water partition coefficient (Wildman–Crippen LogP) is 4.20. The second kappa shape index (κ2) is 7.12. The van der Waals surface area contributed by atoms with Crippen molar-refractivity contribution in [2.24, 2.45) is 0 Å². The van der Waals surface area contributed by atoms with Crippen LogP contribution >= 0.6 is 0 Å². The van der Waals surface area contributed by atoms with E-state index in [1.54, 1.807) is 17.0 Å². The van der Waals surface area contributed by atoms with Crippen molar-refractivity contribution in [3.8, 4) is 5.75 Å². The Morgan fingerprint density at radius 1 is 1.04 bits per heavy atom. The van der Waals surface area contributed by atoms with Gasteiger partial charge in [-0.05, 0) is 40.7 Å². The fourth-order valence-electron chi connectivity index (χ4n) is 3.60. The van der Waals surface area contributed by atoms with Crippen LogP contribution in [0.5, 0.6) is 5.75 Å². The average molecular weight is 353 g/mol. The summed E-state index contributed by atoms with van der Waals surface area (Å²) in [5, 5.41) is 20.8. The number of rotatable bonds is 4. The van der Waals surface area contributed by atoms with E-state index in [2.05, 4.69) is 0 Å². The van der Waals surface area contributed by atoms with Crippen molar-refractivity contribution in [3.63, 3.8) is 0 Å². The molecule has 2 atom stereocenters. The van der Waals surface area contributed by atoms with Crippen molar-refractivity contribution < 1.29 is 15.0 Å². The standard InChI is InChI=1S/C22H27NO3/c1-13(2)17-10-16(11-18(14(3)4)21(17)25)22(26)23-12-19(24)20(23)15-8-6-5-7-9-15/h5-11,13-14,19-20,24-25H,12H2,1-4H3. The van der Waals surface area contributed by atoms with Crippen LogP contribution in [0.15, 0.2) is 42.5 Å². The van der Waals surface area contributed by atoms with E-state index in [0.717, 1.165) is 16.7 Å². The number of nitrogens with zero attached hydrogens (tertiary/aromatic N) is 1. The van der Waals surface area contributed by atoms with Crippen LogP contribution in [0.2, 0.25) is 0 Å². The van der Waals surface area contributed by atoms with Gasteiger partial charge in [-0.2, -0.15) is 0 Å². The number of phenols is 1. The molecule has 4 nitrogen and oxygen atoms in total. The number of aliphatic hydroxyl groups excluding tert-OH is 1. The Bertz CT molecular complexity index is 769. The van der Waals surface area contributed by atoms with E-state index >= 15 is 0 Å².